The number of carbonyl (C=O) groups excluding carboxylic acids is 2. The zero-order valence-corrected chi connectivity index (χ0v) is 15.8. The molecule has 1 unspecified atom stereocenters. The molecule has 0 aliphatic rings. The van der Waals surface area contributed by atoms with Gasteiger partial charge in [0.15, 0.2) is 13.1 Å². The highest BCUT2D eigenvalue weighted by molar-refractivity contribution is 6.30. The molecule has 6 heteroatoms. The Labute approximate surface area is 159 Å². The lowest BCUT2D eigenvalue weighted by Gasteiger charge is -2.16. The van der Waals surface area contributed by atoms with Gasteiger partial charge in [-0.2, -0.15) is 0 Å². The molecule has 0 radical (unpaired) electrons. The van der Waals surface area contributed by atoms with Gasteiger partial charge in [0.25, 0.3) is 11.8 Å². The number of hydrogen-bond acceptors (Lipinski definition) is 2. The maximum absolute atomic E-state index is 12.1. The molecule has 2 aromatic carbocycles. The van der Waals surface area contributed by atoms with E-state index in [-0.39, 0.29) is 30.8 Å². The van der Waals surface area contributed by atoms with Crippen molar-refractivity contribution in [3.05, 3.63) is 65.2 Å². The summed E-state index contributed by atoms with van der Waals surface area (Å²) in [5.41, 5.74) is 1.88. The first-order valence-corrected chi connectivity index (χ1v) is 9.00. The minimum absolute atomic E-state index is 0.0652. The number of benzene rings is 2. The Morgan fingerprint density at radius 2 is 1.62 bits per heavy atom. The Balaban J connectivity index is 1.71. The summed E-state index contributed by atoms with van der Waals surface area (Å²) in [6.07, 6.45) is 0. The van der Waals surface area contributed by atoms with Crippen LogP contribution in [0.3, 0.4) is 0 Å². The van der Waals surface area contributed by atoms with Crippen molar-refractivity contribution < 1.29 is 14.5 Å². The number of amides is 2. The fourth-order valence-corrected chi connectivity index (χ4v) is 2.70. The summed E-state index contributed by atoms with van der Waals surface area (Å²) in [6.45, 7) is 3.11. The van der Waals surface area contributed by atoms with E-state index in [1.165, 1.54) is 5.56 Å². The zero-order chi connectivity index (χ0) is 18.9. The van der Waals surface area contributed by atoms with Crippen LogP contribution in [-0.2, 0) is 9.59 Å². The second-order valence-corrected chi connectivity index (χ2v) is 6.92. The molecule has 26 heavy (non-hydrogen) atoms. The first kappa shape index (κ1) is 19.9. The summed E-state index contributed by atoms with van der Waals surface area (Å²) in [5, 5.41) is 6.35. The molecule has 0 aliphatic heterocycles. The molecule has 0 saturated heterocycles. The van der Waals surface area contributed by atoms with Gasteiger partial charge in [-0.3, -0.25) is 9.59 Å². The van der Waals surface area contributed by atoms with E-state index in [4.69, 9.17) is 11.6 Å². The molecule has 2 atom stereocenters. The molecule has 0 aromatic heterocycles. The Morgan fingerprint density at radius 1 is 1.00 bits per heavy atom. The summed E-state index contributed by atoms with van der Waals surface area (Å²) >= 11 is 5.82. The molecule has 2 amide bonds. The topological polar surface area (TPSA) is 62.6 Å². The molecule has 0 bridgehead atoms. The number of hydrogen-bond donors (Lipinski definition) is 3. The molecule has 2 rings (SSSR count). The summed E-state index contributed by atoms with van der Waals surface area (Å²) in [6, 6.07) is 17.0. The smallest absolute Gasteiger partial charge is 0.279 e. The van der Waals surface area contributed by atoms with Crippen molar-refractivity contribution in [2.75, 3.05) is 32.0 Å². The Morgan fingerprint density at radius 3 is 2.27 bits per heavy atom. The van der Waals surface area contributed by atoms with Crippen molar-refractivity contribution >= 4 is 29.1 Å². The van der Waals surface area contributed by atoms with E-state index >= 15 is 0 Å². The summed E-state index contributed by atoms with van der Waals surface area (Å²) in [7, 11) is 1.82. The molecule has 138 valence electrons. The standard InChI is InChI=1S/C20H24ClN3O2/c1-15(16-6-4-3-5-7-16)12-22-19(25)13-24(2)14-20(26)23-18-10-8-17(21)9-11-18/h3-11,15H,12-14H2,1-2H3,(H,22,25)(H,23,26)/p+1/t15-/m0/s1. The van der Waals surface area contributed by atoms with Gasteiger partial charge in [0.05, 0.1) is 7.05 Å². The number of quaternary nitrogens is 1. The van der Waals surface area contributed by atoms with E-state index < -0.39 is 0 Å². The lowest BCUT2D eigenvalue weighted by molar-refractivity contribution is -0.862. The number of halogens is 1. The van der Waals surface area contributed by atoms with Crippen LogP contribution in [0.5, 0.6) is 0 Å². The Bertz CT molecular complexity index is 720. The van der Waals surface area contributed by atoms with Crippen LogP contribution >= 0.6 is 11.6 Å². The van der Waals surface area contributed by atoms with Crippen molar-refractivity contribution in [1.82, 2.24) is 5.32 Å². The molecule has 0 spiro atoms. The van der Waals surface area contributed by atoms with Crippen LogP contribution in [0.1, 0.15) is 18.4 Å². The Kier molecular flexibility index (Phi) is 7.63. The normalized spacial score (nSPS) is 12.9. The molecular formula is C20H25ClN3O2+. The van der Waals surface area contributed by atoms with Crippen LogP contribution in [0.4, 0.5) is 5.69 Å². The largest absolute Gasteiger partial charge is 0.351 e. The predicted molar refractivity (Wildman–Crippen MR) is 105 cm³/mol. The molecule has 0 heterocycles. The van der Waals surface area contributed by atoms with Crippen LogP contribution in [0.2, 0.25) is 5.02 Å². The highest BCUT2D eigenvalue weighted by Gasteiger charge is 2.15. The van der Waals surface area contributed by atoms with E-state index in [1.54, 1.807) is 24.3 Å². The maximum Gasteiger partial charge on any atom is 0.279 e. The summed E-state index contributed by atoms with van der Waals surface area (Å²) in [5.74, 6) is 0.0357. The fraction of sp³-hybridized carbons (Fsp3) is 0.300. The molecular weight excluding hydrogens is 350 g/mol. The quantitative estimate of drug-likeness (QED) is 0.658. The highest BCUT2D eigenvalue weighted by Crippen LogP contribution is 2.13. The average molecular weight is 375 g/mol. The maximum atomic E-state index is 12.1. The second kappa shape index (κ2) is 9.94. The number of nitrogens with one attached hydrogen (secondary N) is 3. The second-order valence-electron chi connectivity index (χ2n) is 6.48. The van der Waals surface area contributed by atoms with Gasteiger partial charge < -0.3 is 15.5 Å². The average Bonchev–Trinajstić information content (AvgIpc) is 2.62. The van der Waals surface area contributed by atoms with E-state index in [9.17, 15) is 9.59 Å². The zero-order valence-electron chi connectivity index (χ0n) is 15.1. The van der Waals surface area contributed by atoms with Crippen LogP contribution in [0.25, 0.3) is 0 Å². The molecule has 0 fully saturated rings. The van der Waals surface area contributed by atoms with E-state index in [0.29, 0.717) is 17.3 Å². The minimum Gasteiger partial charge on any atom is -0.351 e. The van der Waals surface area contributed by atoms with Gasteiger partial charge in [-0.25, -0.2) is 0 Å². The van der Waals surface area contributed by atoms with Crippen molar-refractivity contribution in [2.24, 2.45) is 0 Å². The van der Waals surface area contributed by atoms with Gasteiger partial charge in [0, 0.05) is 17.3 Å². The van der Waals surface area contributed by atoms with E-state index in [0.717, 1.165) is 4.90 Å². The van der Waals surface area contributed by atoms with Gasteiger partial charge in [-0.05, 0) is 35.7 Å². The van der Waals surface area contributed by atoms with Crippen molar-refractivity contribution in [1.29, 1.82) is 0 Å². The number of anilines is 1. The van der Waals surface area contributed by atoms with Crippen molar-refractivity contribution in [3.63, 3.8) is 0 Å². The SMILES string of the molecule is C[C@@H](CNC(=O)C[NH+](C)CC(=O)Nc1ccc(Cl)cc1)c1ccccc1. The molecule has 3 N–H and O–H groups in total. The minimum atomic E-state index is -0.143. The van der Waals surface area contributed by atoms with Gasteiger partial charge >= 0.3 is 0 Å². The molecule has 0 saturated carbocycles. The van der Waals surface area contributed by atoms with Crippen LogP contribution in [-0.4, -0.2) is 38.5 Å². The lowest BCUT2D eigenvalue weighted by atomic mass is 10.0. The van der Waals surface area contributed by atoms with Crippen LogP contribution in [0, 0.1) is 0 Å². The third-order valence-electron chi connectivity index (χ3n) is 4.03. The third-order valence-corrected chi connectivity index (χ3v) is 4.28. The molecule has 2 aromatic rings. The number of carbonyl (C=O) groups is 2. The lowest BCUT2D eigenvalue weighted by Crippen LogP contribution is -3.11. The van der Waals surface area contributed by atoms with E-state index in [1.807, 2.05) is 25.2 Å². The number of rotatable bonds is 8. The fourth-order valence-electron chi connectivity index (χ4n) is 2.58. The van der Waals surface area contributed by atoms with Crippen molar-refractivity contribution in [2.45, 2.75) is 12.8 Å². The molecule has 5 nitrogen and oxygen atoms in total. The number of likely N-dealkylation sites (N-methyl/N-ethyl adjacent to an activating group) is 1. The summed E-state index contributed by atoms with van der Waals surface area (Å²) < 4.78 is 0. The highest BCUT2D eigenvalue weighted by atomic mass is 35.5. The summed E-state index contributed by atoms with van der Waals surface area (Å²) in [4.78, 5) is 25.0. The molecule has 0 aliphatic carbocycles. The van der Waals surface area contributed by atoms with Gasteiger partial charge in [0.1, 0.15) is 0 Å². The van der Waals surface area contributed by atoms with Crippen LogP contribution < -0.4 is 15.5 Å². The van der Waals surface area contributed by atoms with Gasteiger partial charge in [-0.15, -0.1) is 0 Å². The predicted octanol–water partition coefficient (Wildman–Crippen LogP) is 1.71. The van der Waals surface area contributed by atoms with Gasteiger partial charge in [0.2, 0.25) is 0 Å². The first-order chi connectivity index (χ1) is 12.4. The third kappa shape index (κ3) is 6.86. The Hall–Kier alpha value is -2.37. The monoisotopic (exact) mass is 374 g/mol. The van der Waals surface area contributed by atoms with E-state index in [2.05, 4.69) is 29.7 Å². The first-order valence-electron chi connectivity index (χ1n) is 8.62. The van der Waals surface area contributed by atoms with Crippen LogP contribution in [0.15, 0.2) is 54.6 Å². The van der Waals surface area contributed by atoms with Gasteiger partial charge in [-0.1, -0.05) is 48.9 Å². The van der Waals surface area contributed by atoms with Crippen molar-refractivity contribution in [3.8, 4) is 0 Å².